The number of rotatable bonds is 5. The topological polar surface area (TPSA) is 112 Å². The number of benzene rings is 1. The second-order valence-corrected chi connectivity index (χ2v) is 5.28. The highest BCUT2D eigenvalue weighted by Crippen LogP contribution is 2.26. The van der Waals surface area contributed by atoms with Crippen LogP contribution in [-0.4, -0.2) is 23.4 Å². The molecule has 0 aliphatic carbocycles. The predicted octanol–water partition coefficient (Wildman–Crippen LogP) is 3.25. The first kappa shape index (κ1) is 17.5. The second kappa shape index (κ2) is 7.14. The molecule has 1 amide bonds. The zero-order chi connectivity index (χ0) is 17.9. The van der Waals surface area contributed by atoms with Gasteiger partial charge in [-0.3, -0.25) is 14.9 Å². The standard InChI is InChI=1S/C15H13ClN2O6/c1-8-5-11(9(2)24-8)15(20)23-7-14(19)17-13-4-3-10(18(21)22)6-12(13)16/h3-6H,7H2,1-2H3,(H,17,19). The van der Waals surface area contributed by atoms with Crippen LogP contribution >= 0.6 is 11.6 Å². The molecule has 0 radical (unpaired) electrons. The molecule has 0 spiro atoms. The van der Waals surface area contributed by atoms with Crippen LogP contribution in [0.3, 0.4) is 0 Å². The summed E-state index contributed by atoms with van der Waals surface area (Å²) in [5.74, 6) is -0.357. The number of furan rings is 1. The number of nitro groups is 1. The number of aryl methyl sites for hydroxylation is 2. The van der Waals surface area contributed by atoms with Gasteiger partial charge in [0.15, 0.2) is 6.61 Å². The number of nitrogens with one attached hydrogen (secondary N) is 1. The van der Waals surface area contributed by atoms with Crippen LogP contribution in [0.2, 0.25) is 5.02 Å². The van der Waals surface area contributed by atoms with Crippen molar-refractivity contribution in [1.29, 1.82) is 0 Å². The van der Waals surface area contributed by atoms with Crippen LogP contribution in [-0.2, 0) is 9.53 Å². The van der Waals surface area contributed by atoms with E-state index in [0.717, 1.165) is 6.07 Å². The smallest absolute Gasteiger partial charge is 0.342 e. The predicted molar refractivity (Wildman–Crippen MR) is 85.2 cm³/mol. The zero-order valence-electron chi connectivity index (χ0n) is 12.8. The van der Waals surface area contributed by atoms with Crippen molar-refractivity contribution in [3.63, 3.8) is 0 Å². The van der Waals surface area contributed by atoms with Gasteiger partial charge in [0.2, 0.25) is 0 Å². The quantitative estimate of drug-likeness (QED) is 0.502. The summed E-state index contributed by atoms with van der Waals surface area (Å²) in [7, 11) is 0. The van der Waals surface area contributed by atoms with E-state index in [1.54, 1.807) is 13.8 Å². The Kier molecular flexibility index (Phi) is 5.20. The van der Waals surface area contributed by atoms with E-state index in [2.05, 4.69) is 5.32 Å². The molecule has 0 saturated heterocycles. The Bertz CT molecular complexity index is 814. The summed E-state index contributed by atoms with van der Waals surface area (Å²) in [6.45, 7) is 2.77. The summed E-state index contributed by atoms with van der Waals surface area (Å²) in [5, 5.41) is 13.0. The van der Waals surface area contributed by atoms with E-state index in [-0.39, 0.29) is 22.0 Å². The molecule has 0 atom stereocenters. The highest BCUT2D eigenvalue weighted by atomic mass is 35.5. The molecule has 0 aliphatic heterocycles. The van der Waals surface area contributed by atoms with Crippen LogP contribution < -0.4 is 5.32 Å². The van der Waals surface area contributed by atoms with Crippen molar-refractivity contribution in [1.82, 2.24) is 0 Å². The van der Waals surface area contributed by atoms with Gasteiger partial charge in [-0.15, -0.1) is 0 Å². The summed E-state index contributed by atoms with van der Waals surface area (Å²) in [6.07, 6.45) is 0. The number of esters is 1. The van der Waals surface area contributed by atoms with Gasteiger partial charge in [0.25, 0.3) is 11.6 Å². The molecule has 24 heavy (non-hydrogen) atoms. The number of carbonyl (C=O) groups is 2. The van der Waals surface area contributed by atoms with Crippen LogP contribution in [0, 0.1) is 24.0 Å². The number of halogens is 1. The van der Waals surface area contributed by atoms with Crippen molar-refractivity contribution in [2.24, 2.45) is 0 Å². The van der Waals surface area contributed by atoms with Crippen LogP contribution in [0.15, 0.2) is 28.7 Å². The van der Waals surface area contributed by atoms with Crippen molar-refractivity contribution in [3.8, 4) is 0 Å². The molecule has 1 N–H and O–H groups in total. The number of ether oxygens (including phenoxy) is 1. The first-order valence-corrected chi connectivity index (χ1v) is 7.13. The van der Waals surface area contributed by atoms with Gasteiger partial charge < -0.3 is 14.5 Å². The largest absolute Gasteiger partial charge is 0.466 e. The van der Waals surface area contributed by atoms with Gasteiger partial charge in [-0.1, -0.05) is 11.6 Å². The number of nitro benzene ring substituents is 1. The molecule has 1 aromatic heterocycles. The number of amides is 1. The highest BCUT2D eigenvalue weighted by molar-refractivity contribution is 6.34. The Morgan fingerprint density at radius 3 is 2.58 bits per heavy atom. The lowest BCUT2D eigenvalue weighted by Crippen LogP contribution is -2.21. The van der Waals surface area contributed by atoms with E-state index in [4.69, 9.17) is 20.8 Å². The van der Waals surface area contributed by atoms with Crippen LogP contribution in [0.4, 0.5) is 11.4 Å². The van der Waals surface area contributed by atoms with Crippen molar-refractivity contribution in [3.05, 3.63) is 56.5 Å². The average Bonchev–Trinajstić information content (AvgIpc) is 2.85. The number of hydrogen-bond donors (Lipinski definition) is 1. The maximum atomic E-state index is 11.9. The fraction of sp³-hybridized carbons (Fsp3) is 0.200. The molecule has 0 bridgehead atoms. The Balaban J connectivity index is 1.95. The minimum absolute atomic E-state index is 0.00480. The van der Waals surface area contributed by atoms with E-state index >= 15 is 0 Å². The summed E-state index contributed by atoms with van der Waals surface area (Å²) < 4.78 is 10.1. The van der Waals surface area contributed by atoms with Crippen LogP contribution in [0.5, 0.6) is 0 Å². The van der Waals surface area contributed by atoms with Gasteiger partial charge in [0.05, 0.1) is 15.6 Å². The first-order valence-electron chi connectivity index (χ1n) is 6.76. The fourth-order valence-electron chi connectivity index (χ4n) is 1.95. The third-order valence-electron chi connectivity index (χ3n) is 3.03. The Hall–Kier alpha value is -2.87. The Morgan fingerprint density at radius 2 is 2.04 bits per heavy atom. The molecular weight excluding hydrogens is 340 g/mol. The summed E-state index contributed by atoms with van der Waals surface area (Å²) in [6, 6.07) is 5.12. The van der Waals surface area contributed by atoms with Gasteiger partial charge in [0.1, 0.15) is 17.1 Å². The SMILES string of the molecule is Cc1cc(C(=O)OCC(=O)Nc2ccc([N+](=O)[O-])cc2Cl)c(C)o1. The average molecular weight is 353 g/mol. The fourth-order valence-corrected chi connectivity index (χ4v) is 2.17. The number of hydrogen-bond acceptors (Lipinski definition) is 6. The minimum atomic E-state index is -0.686. The third kappa shape index (κ3) is 4.11. The molecule has 0 unspecified atom stereocenters. The van der Waals surface area contributed by atoms with Gasteiger partial charge in [-0.2, -0.15) is 0 Å². The molecule has 0 saturated carbocycles. The molecule has 2 aromatic rings. The Labute approximate surface area is 141 Å². The molecule has 1 aromatic carbocycles. The molecule has 1 heterocycles. The van der Waals surface area contributed by atoms with Crippen LogP contribution in [0.25, 0.3) is 0 Å². The normalized spacial score (nSPS) is 10.3. The molecular formula is C15H13ClN2O6. The molecule has 0 aliphatic rings. The lowest BCUT2D eigenvalue weighted by Gasteiger charge is -2.07. The lowest BCUT2D eigenvalue weighted by atomic mass is 10.2. The third-order valence-corrected chi connectivity index (χ3v) is 3.35. The highest BCUT2D eigenvalue weighted by Gasteiger charge is 2.17. The lowest BCUT2D eigenvalue weighted by molar-refractivity contribution is -0.384. The monoisotopic (exact) mass is 352 g/mol. The van der Waals surface area contributed by atoms with Crippen molar-refractivity contribution in [2.75, 3.05) is 11.9 Å². The maximum Gasteiger partial charge on any atom is 0.342 e. The van der Waals surface area contributed by atoms with Gasteiger partial charge in [0, 0.05) is 12.1 Å². The summed E-state index contributed by atoms with van der Waals surface area (Å²) in [5.41, 5.74) is 0.225. The van der Waals surface area contributed by atoms with E-state index < -0.39 is 23.4 Å². The van der Waals surface area contributed by atoms with Crippen molar-refractivity contribution < 1.29 is 23.7 Å². The zero-order valence-corrected chi connectivity index (χ0v) is 13.5. The van der Waals surface area contributed by atoms with Gasteiger partial charge in [-0.05, 0) is 26.0 Å². The van der Waals surface area contributed by atoms with E-state index in [1.807, 2.05) is 0 Å². The maximum absolute atomic E-state index is 11.9. The number of nitrogens with zero attached hydrogens (tertiary/aromatic N) is 1. The molecule has 9 heteroatoms. The van der Waals surface area contributed by atoms with Gasteiger partial charge in [-0.25, -0.2) is 4.79 Å². The molecule has 2 rings (SSSR count). The second-order valence-electron chi connectivity index (χ2n) is 4.87. The van der Waals surface area contributed by atoms with Crippen LogP contribution in [0.1, 0.15) is 21.9 Å². The molecule has 8 nitrogen and oxygen atoms in total. The van der Waals surface area contributed by atoms with Gasteiger partial charge >= 0.3 is 5.97 Å². The minimum Gasteiger partial charge on any atom is -0.466 e. The number of non-ortho nitro benzene ring substituents is 1. The number of carbonyl (C=O) groups excluding carboxylic acids is 2. The summed E-state index contributed by atoms with van der Waals surface area (Å²) in [4.78, 5) is 33.7. The van der Waals surface area contributed by atoms with E-state index in [9.17, 15) is 19.7 Å². The number of anilines is 1. The summed E-state index contributed by atoms with van der Waals surface area (Å²) >= 11 is 5.86. The molecule has 126 valence electrons. The van der Waals surface area contributed by atoms with Crippen molar-refractivity contribution >= 4 is 34.9 Å². The van der Waals surface area contributed by atoms with E-state index in [0.29, 0.717) is 11.5 Å². The first-order chi connectivity index (χ1) is 11.3. The van der Waals surface area contributed by atoms with E-state index in [1.165, 1.54) is 18.2 Å². The van der Waals surface area contributed by atoms with Crippen molar-refractivity contribution in [2.45, 2.75) is 13.8 Å². The Morgan fingerprint density at radius 1 is 1.33 bits per heavy atom. The molecule has 0 fully saturated rings.